The van der Waals surface area contributed by atoms with Gasteiger partial charge in [-0.3, -0.25) is 0 Å². The van der Waals surface area contributed by atoms with Crippen LogP contribution in [0.25, 0.3) is 0 Å². The summed E-state index contributed by atoms with van der Waals surface area (Å²) in [5.41, 5.74) is 2.91. The van der Waals surface area contributed by atoms with Gasteiger partial charge in [-0.1, -0.05) is 34.5 Å². The summed E-state index contributed by atoms with van der Waals surface area (Å²) in [7, 11) is 0. The van der Waals surface area contributed by atoms with E-state index in [9.17, 15) is 0 Å². The number of rotatable bonds is 6. The lowest BCUT2D eigenvalue weighted by molar-refractivity contribution is 0.216. The van der Waals surface area contributed by atoms with Gasteiger partial charge in [0.05, 0.1) is 6.21 Å². The monoisotopic (exact) mass is 319 g/mol. The van der Waals surface area contributed by atoms with Crippen LogP contribution >= 0.6 is 11.6 Å². The molecule has 22 heavy (non-hydrogen) atoms. The fraction of sp³-hybridized carbons (Fsp3) is 0.235. The van der Waals surface area contributed by atoms with Gasteiger partial charge in [-0.15, -0.1) is 0 Å². The summed E-state index contributed by atoms with van der Waals surface area (Å²) in [6.45, 7) is 4.85. The van der Waals surface area contributed by atoms with Crippen LogP contribution in [0.2, 0.25) is 5.02 Å². The average Bonchev–Trinajstić information content (AvgIpc) is 2.47. The van der Waals surface area contributed by atoms with Crippen LogP contribution in [0, 0.1) is 13.8 Å². The fourth-order valence-electron chi connectivity index (χ4n) is 2.08. The van der Waals surface area contributed by atoms with Crippen molar-refractivity contribution in [1.82, 2.24) is 0 Å². The van der Waals surface area contributed by atoms with Crippen molar-refractivity contribution in [3.05, 3.63) is 58.1 Å². The van der Waals surface area contributed by atoms with Crippen LogP contribution in [-0.4, -0.2) is 24.6 Å². The highest BCUT2D eigenvalue weighted by Crippen LogP contribution is 2.22. The van der Waals surface area contributed by atoms with E-state index in [-0.39, 0.29) is 0 Å². The fourth-order valence-corrected chi connectivity index (χ4v) is 2.26. The molecule has 0 heterocycles. The first-order valence-electron chi connectivity index (χ1n) is 6.90. The summed E-state index contributed by atoms with van der Waals surface area (Å²) in [4.78, 5) is 0. The van der Waals surface area contributed by atoms with Gasteiger partial charge in [-0.05, 0) is 43.7 Å². The van der Waals surface area contributed by atoms with Crippen LogP contribution in [0.5, 0.6) is 11.5 Å². The first-order chi connectivity index (χ1) is 10.6. The van der Waals surface area contributed by atoms with E-state index >= 15 is 0 Å². The first-order valence-corrected chi connectivity index (χ1v) is 7.28. The Morgan fingerprint density at radius 1 is 1.05 bits per heavy atom. The van der Waals surface area contributed by atoms with Gasteiger partial charge in [0.25, 0.3) is 0 Å². The van der Waals surface area contributed by atoms with Gasteiger partial charge in [0.1, 0.15) is 24.7 Å². The van der Waals surface area contributed by atoms with E-state index in [2.05, 4.69) is 11.2 Å². The standard InChI is InChI=1S/C17H18ClNO3/c1-12-3-5-16(13(2)9-12)21-7-8-22-17-6-4-15(18)10-14(17)11-19-20/h3-6,9-11,20H,7-8H2,1-2H3/b19-11+. The summed E-state index contributed by atoms with van der Waals surface area (Å²) >= 11 is 5.90. The number of benzene rings is 2. The lowest BCUT2D eigenvalue weighted by Gasteiger charge is -2.12. The molecular weight excluding hydrogens is 302 g/mol. The van der Waals surface area contributed by atoms with Crippen molar-refractivity contribution in [1.29, 1.82) is 0 Å². The second kappa shape index (κ2) is 7.71. The van der Waals surface area contributed by atoms with Crippen molar-refractivity contribution < 1.29 is 14.7 Å². The highest BCUT2D eigenvalue weighted by Gasteiger charge is 2.04. The summed E-state index contributed by atoms with van der Waals surface area (Å²) in [5, 5.41) is 12.2. The number of oxime groups is 1. The molecular formula is C17H18ClNO3. The van der Waals surface area contributed by atoms with E-state index in [0.29, 0.717) is 29.5 Å². The molecule has 5 heteroatoms. The molecule has 2 aromatic rings. The first kappa shape index (κ1) is 16.2. The Hall–Kier alpha value is -2.20. The Morgan fingerprint density at radius 2 is 1.73 bits per heavy atom. The van der Waals surface area contributed by atoms with E-state index in [1.54, 1.807) is 18.2 Å². The molecule has 1 N–H and O–H groups in total. The number of aryl methyl sites for hydroxylation is 2. The molecule has 0 bridgehead atoms. The predicted octanol–water partition coefficient (Wildman–Crippen LogP) is 4.22. The lowest BCUT2D eigenvalue weighted by Crippen LogP contribution is -2.10. The van der Waals surface area contributed by atoms with Crippen molar-refractivity contribution in [3.8, 4) is 11.5 Å². The molecule has 0 spiro atoms. The summed E-state index contributed by atoms with van der Waals surface area (Å²) < 4.78 is 11.3. The van der Waals surface area contributed by atoms with E-state index < -0.39 is 0 Å². The Labute approximate surface area is 134 Å². The highest BCUT2D eigenvalue weighted by atomic mass is 35.5. The highest BCUT2D eigenvalue weighted by molar-refractivity contribution is 6.30. The smallest absolute Gasteiger partial charge is 0.128 e. The molecule has 0 fully saturated rings. The molecule has 0 aliphatic rings. The number of hydrogen-bond donors (Lipinski definition) is 1. The van der Waals surface area contributed by atoms with Crippen LogP contribution < -0.4 is 9.47 Å². The van der Waals surface area contributed by atoms with Gasteiger partial charge in [0, 0.05) is 10.6 Å². The van der Waals surface area contributed by atoms with Crippen LogP contribution in [0.1, 0.15) is 16.7 Å². The van der Waals surface area contributed by atoms with Gasteiger partial charge in [-0.2, -0.15) is 0 Å². The van der Waals surface area contributed by atoms with Crippen molar-refractivity contribution in [2.24, 2.45) is 5.16 Å². The van der Waals surface area contributed by atoms with Crippen molar-refractivity contribution >= 4 is 17.8 Å². The quantitative estimate of drug-likeness (QED) is 0.375. The number of ether oxygens (including phenoxy) is 2. The van der Waals surface area contributed by atoms with Crippen molar-refractivity contribution in [2.75, 3.05) is 13.2 Å². The third-order valence-corrected chi connectivity index (χ3v) is 3.33. The van der Waals surface area contributed by atoms with Gasteiger partial charge in [-0.25, -0.2) is 0 Å². The second-order valence-electron chi connectivity index (χ2n) is 4.89. The molecule has 2 rings (SSSR count). The molecule has 0 aromatic heterocycles. The van der Waals surface area contributed by atoms with E-state index in [1.807, 2.05) is 26.0 Å². The zero-order valence-corrected chi connectivity index (χ0v) is 13.3. The van der Waals surface area contributed by atoms with Gasteiger partial charge >= 0.3 is 0 Å². The topological polar surface area (TPSA) is 51.0 Å². The van der Waals surface area contributed by atoms with Crippen LogP contribution in [-0.2, 0) is 0 Å². The molecule has 0 saturated carbocycles. The molecule has 0 radical (unpaired) electrons. The Kier molecular flexibility index (Phi) is 5.67. The molecule has 0 atom stereocenters. The third kappa shape index (κ3) is 4.40. The molecule has 2 aromatic carbocycles. The van der Waals surface area contributed by atoms with E-state index in [4.69, 9.17) is 26.3 Å². The van der Waals surface area contributed by atoms with Gasteiger partial charge in [0.2, 0.25) is 0 Å². The largest absolute Gasteiger partial charge is 0.490 e. The minimum absolute atomic E-state index is 0.376. The Bertz CT molecular complexity index is 671. The molecule has 116 valence electrons. The maximum absolute atomic E-state index is 8.65. The van der Waals surface area contributed by atoms with Gasteiger partial charge < -0.3 is 14.7 Å². The summed E-state index contributed by atoms with van der Waals surface area (Å²) in [6, 6.07) is 11.2. The summed E-state index contributed by atoms with van der Waals surface area (Å²) in [6.07, 6.45) is 1.28. The Balaban J connectivity index is 1.91. The third-order valence-electron chi connectivity index (χ3n) is 3.10. The minimum Gasteiger partial charge on any atom is -0.490 e. The molecule has 0 amide bonds. The molecule has 0 saturated heterocycles. The maximum atomic E-state index is 8.65. The SMILES string of the molecule is Cc1ccc(OCCOc2ccc(Cl)cc2/C=N/O)c(C)c1. The zero-order chi connectivity index (χ0) is 15.9. The maximum Gasteiger partial charge on any atom is 0.128 e. The van der Waals surface area contributed by atoms with E-state index in [1.165, 1.54) is 11.8 Å². The molecule has 0 aliphatic heterocycles. The predicted molar refractivity (Wildman–Crippen MR) is 87.7 cm³/mol. The van der Waals surface area contributed by atoms with Crippen molar-refractivity contribution in [3.63, 3.8) is 0 Å². The van der Waals surface area contributed by atoms with Crippen LogP contribution in [0.4, 0.5) is 0 Å². The summed E-state index contributed by atoms with van der Waals surface area (Å²) in [5.74, 6) is 1.44. The molecule has 4 nitrogen and oxygen atoms in total. The molecule has 0 unspecified atom stereocenters. The van der Waals surface area contributed by atoms with Crippen molar-refractivity contribution in [2.45, 2.75) is 13.8 Å². The second-order valence-corrected chi connectivity index (χ2v) is 5.33. The van der Waals surface area contributed by atoms with Crippen LogP contribution in [0.15, 0.2) is 41.6 Å². The number of nitrogens with zero attached hydrogens (tertiary/aromatic N) is 1. The zero-order valence-electron chi connectivity index (χ0n) is 12.5. The van der Waals surface area contributed by atoms with Gasteiger partial charge in [0.15, 0.2) is 0 Å². The van der Waals surface area contributed by atoms with Crippen LogP contribution in [0.3, 0.4) is 0 Å². The normalized spacial score (nSPS) is 10.9. The van der Waals surface area contributed by atoms with E-state index in [0.717, 1.165) is 11.3 Å². The minimum atomic E-state index is 0.376. The lowest BCUT2D eigenvalue weighted by atomic mass is 10.1. The Morgan fingerprint density at radius 3 is 2.41 bits per heavy atom. The number of halogens is 1. The molecule has 0 aliphatic carbocycles. The average molecular weight is 320 g/mol. The number of hydrogen-bond acceptors (Lipinski definition) is 4.